The third-order valence-electron chi connectivity index (χ3n) is 2.96. The van der Waals surface area contributed by atoms with Gasteiger partial charge >= 0.3 is 0 Å². The van der Waals surface area contributed by atoms with Gasteiger partial charge in [-0.1, -0.05) is 25.5 Å². The van der Waals surface area contributed by atoms with Crippen LogP contribution in [0.15, 0.2) is 24.3 Å². The highest BCUT2D eigenvalue weighted by molar-refractivity contribution is 6.65. The lowest BCUT2D eigenvalue weighted by molar-refractivity contribution is -0.115. The quantitative estimate of drug-likeness (QED) is 0.620. The number of rotatable bonds is 4. The van der Waals surface area contributed by atoms with E-state index < -0.39 is 23.1 Å². The molecule has 0 fully saturated rings. The zero-order valence-electron chi connectivity index (χ0n) is 9.85. The molecule has 1 aliphatic rings. The van der Waals surface area contributed by atoms with Gasteiger partial charge in [0.1, 0.15) is 6.04 Å². The molecule has 0 N–H and O–H groups in total. The predicted molar refractivity (Wildman–Crippen MR) is 66.5 cm³/mol. The number of fused-ring (bicyclic) bond motifs is 1. The van der Waals surface area contributed by atoms with Crippen LogP contribution >= 0.6 is 11.6 Å². The lowest BCUT2D eigenvalue weighted by Gasteiger charge is -2.22. The van der Waals surface area contributed by atoms with Crippen molar-refractivity contribution in [2.75, 3.05) is 0 Å². The van der Waals surface area contributed by atoms with Crippen LogP contribution in [-0.2, 0) is 4.79 Å². The second kappa shape index (κ2) is 4.90. The summed E-state index contributed by atoms with van der Waals surface area (Å²) in [5, 5.41) is -0.675. The molecule has 1 atom stereocenters. The lowest BCUT2D eigenvalue weighted by atomic mass is 10.1. The first kappa shape index (κ1) is 12.8. The van der Waals surface area contributed by atoms with Gasteiger partial charge in [0.25, 0.3) is 11.8 Å². The first-order valence-electron chi connectivity index (χ1n) is 5.74. The third kappa shape index (κ3) is 1.93. The first-order valence-corrected chi connectivity index (χ1v) is 6.12. The summed E-state index contributed by atoms with van der Waals surface area (Å²) in [6.07, 6.45) is 1.05. The van der Waals surface area contributed by atoms with Crippen LogP contribution in [0.25, 0.3) is 0 Å². The average Bonchev–Trinajstić information content (AvgIpc) is 2.60. The Hall–Kier alpha value is -1.68. The molecule has 0 bridgehead atoms. The van der Waals surface area contributed by atoms with Crippen molar-refractivity contribution in [1.82, 2.24) is 4.90 Å². The van der Waals surface area contributed by atoms with Crippen LogP contribution in [-0.4, -0.2) is 28.0 Å². The van der Waals surface area contributed by atoms with Crippen LogP contribution < -0.4 is 0 Å². The maximum atomic E-state index is 12.1. The van der Waals surface area contributed by atoms with Crippen molar-refractivity contribution in [3.8, 4) is 0 Å². The Morgan fingerprint density at radius 1 is 1.22 bits per heavy atom. The van der Waals surface area contributed by atoms with Gasteiger partial charge in [0, 0.05) is 0 Å². The van der Waals surface area contributed by atoms with E-state index in [2.05, 4.69) is 0 Å². The molecule has 0 saturated heterocycles. The zero-order valence-corrected chi connectivity index (χ0v) is 10.6. The van der Waals surface area contributed by atoms with Crippen LogP contribution in [0.4, 0.5) is 0 Å². The molecule has 0 unspecified atom stereocenters. The number of hydrogen-bond donors (Lipinski definition) is 0. The fourth-order valence-corrected chi connectivity index (χ4v) is 2.32. The highest BCUT2D eigenvalue weighted by Gasteiger charge is 2.41. The minimum Gasteiger partial charge on any atom is -0.279 e. The summed E-state index contributed by atoms with van der Waals surface area (Å²) in [6.45, 7) is 1.87. The van der Waals surface area contributed by atoms with Crippen LogP contribution in [0, 0.1) is 0 Å². The molecule has 1 aliphatic heterocycles. The molecule has 4 nitrogen and oxygen atoms in total. The van der Waals surface area contributed by atoms with Gasteiger partial charge in [-0.25, -0.2) is 0 Å². The van der Waals surface area contributed by atoms with Crippen molar-refractivity contribution in [2.24, 2.45) is 0 Å². The van der Waals surface area contributed by atoms with E-state index in [1.165, 1.54) is 0 Å². The van der Waals surface area contributed by atoms with Crippen LogP contribution in [0.3, 0.4) is 0 Å². The van der Waals surface area contributed by atoms with Gasteiger partial charge in [-0.3, -0.25) is 19.3 Å². The molecule has 2 amide bonds. The lowest BCUT2D eigenvalue weighted by Crippen LogP contribution is -2.43. The number of carbonyl (C=O) groups excluding carboxylic acids is 3. The van der Waals surface area contributed by atoms with E-state index in [1.807, 2.05) is 6.92 Å². The molecular weight excluding hydrogens is 254 g/mol. The predicted octanol–water partition coefficient (Wildman–Crippen LogP) is 2.22. The van der Waals surface area contributed by atoms with Gasteiger partial charge in [-0.05, 0) is 30.2 Å². The summed E-state index contributed by atoms with van der Waals surface area (Å²) in [6, 6.07) is 5.66. The highest BCUT2D eigenvalue weighted by atomic mass is 35.5. The minimum absolute atomic E-state index is 0.335. The molecular formula is C13H12ClNO3. The highest BCUT2D eigenvalue weighted by Crippen LogP contribution is 2.26. The molecule has 2 rings (SSSR count). The Balaban J connectivity index is 2.41. The van der Waals surface area contributed by atoms with Gasteiger partial charge in [-0.15, -0.1) is 0 Å². The van der Waals surface area contributed by atoms with Crippen molar-refractivity contribution < 1.29 is 14.4 Å². The molecule has 18 heavy (non-hydrogen) atoms. The van der Waals surface area contributed by atoms with Crippen molar-refractivity contribution in [1.29, 1.82) is 0 Å². The fourth-order valence-electron chi connectivity index (χ4n) is 2.11. The Bertz CT molecular complexity index is 492. The molecule has 0 spiro atoms. The Kier molecular flexibility index (Phi) is 3.48. The number of carbonyl (C=O) groups is 3. The molecule has 94 valence electrons. The van der Waals surface area contributed by atoms with Crippen LogP contribution in [0.2, 0.25) is 0 Å². The molecule has 1 aromatic rings. The summed E-state index contributed by atoms with van der Waals surface area (Å²) in [5.74, 6) is -0.883. The Labute approximate surface area is 110 Å². The fraction of sp³-hybridized carbons (Fsp3) is 0.308. The average molecular weight is 266 g/mol. The van der Waals surface area contributed by atoms with Gasteiger partial charge in [0.15, 0.2) is 0 Å². The summed E-state index contributed by atoms with van der Waals surface area (Å²) >= 11 is 5.49. The normalized spacial score (nSPS) is 15.8. The summed E-state index contributed by atoms with van der Waals surface area (Å²) in [4.78, 5) is 36.6. The maximum Gasteiger partial charge on any atom is 0.262 e. The van der Waals surface area contributed by atoms with E-state index in [-0.39, 0.29) is 0 Å². The largest absolute Gasteiger partial charge is 0.279 e. The number of hydrogen-bond acceptors (Lipinski definition) is 3. The van der Waals surface area contributed by atoms with Gasteiger partial charge in [0.2, 0.25) is 5.24 Å². The second-order valence-corrected chi connectivity index (χ2v) is 4.51. The van der Waals surface area contributed by atoms with E-state index >= 15 is 0 Å². The molecule has 1 aromatic carbocycles. The van der Waals surface area contributed by atoms with Gasteiger partial charge in [-0.2, -0.15) is 0 Å². The van der Waals surface area contributed by atoms with Crippen molar-refractivity contribution >= 4 is 28.7 Å². The molecule has 0 aromatic heterocycles. The van der Waals surface area contributed by atoms with Gasteiger partial charge in [0.05, 0.1) is 11.1 Å². The van der Waals surface area contributed by atoms with E-state index in [1.54, 1.807) is 24.3 Å². The molecule has 0 saturated carbocycles. The van der Waals surface area contributed by atoms with E-state index in [9.17, 15) is 14.4 Å². The summed E-state index contributed by atoms with van der Waals surface area (Å²) in [5.41, 5.74) is 0.669. The van der Waals surface area contributed by atoms with Crippen molar-refractivity contribution in [3.63, 3.8) is 0 Å². The van der Waals surface area contributed by atoms with Crippen molar-refractivity contribution in [2.45, 2.75) is 25.8 Å². The summed E-state index contributed by atoms with van der Waals surface area (Å²) in [7, 11) is 0. The minimum atomic E-state index is -0.871. The monoisotopic (exact) mass is 265 g/mol. The Morgan fingerprint density at radius 2 is 1.72 bits per heavy atom. The van der Waals surface area contributed by atoms with Gasteiger partial charge < -0.3 is 0 Å². The SMILES string of the molecule is CCC[C@@H](C(=O)Cl)N1C(=O)c2ccccc2C1=O. The van der Waals surface area contributed by atoms with E-state index in [4.69, 9.17) is 11.6 Å². The summed E-state index contributed by atoms with van der Waals surface area (Å²) < 4.78 is 0. The van der Waals surface area contributed by atoms with Crippen LogP contribution in [0.1, 0.15) is 40.5 Å². The number of imide groups is 1. The maximum absolute atomic E-state index is 12.1. The molecule has 5 heteroatoms. The number of halogens is 1. The Morgan fingerprint density at radius 3 is 2.11 bits per heavy atom. The van der Waals surface area contributed by atoms with Crippen molar-refractivity contribution in [3.05, 3.63) is 35.4 Å². The zero-order chi connectivity index (χ0) is 13.3. The molecule has 0 aliphatic carbocycles. The smallest absolute Gasteiger partial charge is 0.262 e. The van der Waals surface area contributed by atoms with Crippen LogP contribution in [0.5, 0.6) is 0 Å². The first-order chi connectivity index (χ1) is 8.57. The van der Waals surface area contributed by atoms with E-state index in [0.29, 0.717) is 24.0 Å². The third-order valence-corrected chi connectivity index (χ3v) is 3.21. The number of benzene rings is 1. The molecule has 0 radical (unpaired) electrons. The molecule has 1 heterocycles. The standard InChI is InChI=1S/C13H12ClNO3/c1-2-5-10(11(14)16)15-12(17)8-6-3-4-7-9(8)13(15)18/h3-4,6-7,10H,2,5H2,1H3/t10-/m0/s1. The second-order valence-electron chi connectivity index (χ2n) is 4.13. The topological polar surface area (TPSA) is 54.5 Å². The van der Waals surface area contributed by atoms with E-state index in [0.717, 1.165) is 4.90 Å². The number of nitrogens with zero attached hydrogens (tertiary/aromatic N) is 1. The number of amides is 2.